The Kier molecular flexibility index (Phi) is 6.92. The monoisotopic (exact) mass is 438 g/mol. The molecule has 0 saturated heterocycles. The maximum Gasteiger partial charge on any atom is 0.173 e. The van der Waals surface area contributed by atoms with Crippen LogP contribution in [0.1, 0.15) is 37.9 Å². The number of anilines is 1. The normalized spacial score (nSPS) is 14.4. The topological polar surface area (TPSA) is 62.4 Å². The highest BCUT2D eigenvalue weighted by Crippen LogP contribution is 2.30. The van der Waals surface area contributed by atoms with Gasteiger partial charge in [0.05, 0.1) is 30.9 Å². The molecule has 0 amide bonds. The van der Waals surface area contributed by atoms with E-state index in [1.54, 1.807) is 14.2 Å². The number of ether oxygens (including phenoxy) is 2. The van der Waals surface area contributed by atoms with E-state index in [9.17, 15) is 0 Å². The number of hydrogen-bond acceptors (Lipinski definition) is 4. The number of methoxy groups -OCH3 is 2. The Morgan fingerprint density at radius 2 is 1.94 bits per heavy atom. The van der Waals surface area contributed by atoms with Crippen LogP contribution in [-0.2, 0) is 6.42 Å². The third kappa shape index (κ3) is 5.10. The molecule has 1 heterocycles. The smallest absolute Gasteiger partial charge is 0.173 e. The third-order valence-corrected chi connectivity index (χ3v) is 6.29. The maximum absolute atomic E-state index is 5.88. The van der Waals surface area contributed by atoms with E-state index in [0.717, 1.165) is 46.4 Å². The molecule has 0 unspecified atom stereocenters. The van der Waals surface area contributed by atoms with Crippen molar-refractivity contribution in [1.29, 1.82) is 0 Å². The number of nitrogens with one attached hydrogen (secondary N) is 2. The molecule has 2 N–H and O–H groups in total. The molecule has 7 heteroatoms. The molecule has 1 fully saturated rings. The zero-order chi connectivity index (χ0) is 21.6. The molecule has 1 aliphatic rings. The minimum Gasteiger partial charge on any atom is -0.497 e. The number of imidazole rings is 1. The quantitative estimate of drug-likeness (QED) is 0.497. The lowest BCUT2D eigenvalue weighted by molar-refractivity contribution is 0.247. The highest BCUT2D eigenvalue weighted by atomic mass is 32.1. The van der Waals surface area contributed by atoms with Crippen molar-refractivity contribution in [3.8, 4) is 11.5 Å². The molecule has 1 aromatic heterocycles. The summed E-state index contributed by atoms with van der Waals surface area (Å²) in [6, 6.07) is 14.3. The van der Waals surface area contributed by atoms with E-state index in [1.165, 1.54) is 32.1 Å². The zero-order valence-corrected chi connectivity index (χ0v) is 19.0. The van der Waals surface area contributed by atoms with Crippen molar-refractivity contribution in [2.75, 3.05) is 26.1 Å². The molecular weight excluding hydrogens is 408 g/mol. The van der Waals surface area contributed by atoms with Crippen molar-refractivity contribution in [2.45, 2.75) is 44.6 Å². The molecule has 0 spiro atoms. The summed E-state index contributed by atoms with van der Waals surface area (Å²) in [4.78, 5) is 10.5. The largest absolute Gasteiger partial charge is 0.497 e. The van der Waals surface area contributed by atoms with Gasteiger partial charge in [-0.1, -0.05) is 31.4 Å². The van der Waals surface area contributed by atoms with Gasteiger partial charge in [0.1, 0.15) is 17.3 Å². The van der Waals surface area contributed by atoms with Crippen LogP contribution >= 0.6 is 12.2 Å². The van der Waals surface area contributed by atoms with Crippen LogP contribution in [0.25, 0.3) is 11.0 Å². The first-order chi connectivity index (χ1) is 15.2. The Morgan fingerprint density at radius 1 is 1.13 bits per heavy atom. The lowest BCUT2D eigenvalue weighted by atomic mass is 9.94. The summed E-state index contributed by atoms with van der Waals surface area (Å²) in [7, 11) is 3.30. The highest BCUT2D eigenvalue weighted by Gasteiger charge is 2.24. The first-order valence-corrected chi connectivity index (χ1v) is 11.3. The average Bonchev–Trinajstić information content (AvgIpc) is 3.23. The Labute approximate surface area is 189 Å². The van der Waals surface area contributed by atoms with E-state index < -0.39 is 0 Å². The number of aromatic amines is 1. The van der Waals surface area contributed by atoms with Crippen LogP contribution in [-0.4, -0.2) is 46.8 Å². The predicted octanol–water partition coefficient (Wildman–Crippen LogP) is 5.15. The van der Waals surface area contributed by atoms with E-state index in [2.05, 4.69) is 21.3 Å². The number of fused-ring (bicyclic) bond motifs is 1. The van der Waals surface area contributed by atoms with Crippen molar-refractivity contribution < 1.29 is 9.47 Å². The molecule has 2 aromatic carbocycles. The van der Waals surface area contributed by atoms with E-state index in [0.29, 0.717) is 11.8 Å². The second-order valence-electron chi connectivity index (χ2n) is 7.93. The minimum atomic E-state index is 0.447. The number of H-pyrrole nitrogens is 1. The first-order valence-electron chi connectivity index (χ1n) is 10.9. The molecule has 0 bridgehead atoms. The lowest BCUT2D eigenvalue weighted by Gasteiger charge is -2.36. The van der Waals surface area contributed by atoms with Crippen LogP contribution in [0.5, 0.6) is 11.5 Å². The van der Waals surface area contributed by atoms with Gasteiger partial charge in [0, 0.05) is 25.1 Å². The van der Waals surface area contributed by atoms with E-state index >= 15 is 0 Å². The molecule has 31 heavy (non-hydrogen) atoms. The van der Waals surface area contributed by atoms with E-state index in [-0.39, 0.29) is 0 Å². The minimum absolute atomic E-state index is 0.447. The number of rotatable bonds is 7. The summed E-state index contributed by atoms with van der Waals surface area (Å²) in [5.41, 5.74) is 2.92. The third-order valence-electron chi connectivity index (χ3n) is 5.95. The van der Waals surface area contributed by atoms with Crippen LogP contribution in [0, 0.1) is 0 Å². The lowest BCUT2D eigenvalue weighted by Crippen LogP contribution is -2.45. The summed E-state index contributed by atoms with van der Waals surface area (Å²) < 4.78 is 10.9. The molecule has 6 nitrogen and oxygen atoms in total. The Balaban J connectivity index is 1.50. The Bertz CT molecular complexity index is 996. The van der Waals surface area contributed by atoms with Crippen molar-refractivity contribution in [3.05, 3.63) is 48.3 Å². The summed E-state index contributed by atoms with van der Waals surface area (Å²) >= 11 is 5.88. The molecule has 1 saturated carbocycles. The van der Waals surface area contributed by atoms with Crippen molar-refractivity contribution in [2.24, 2.45) is 0 Å². The number of benzene rings is 2. The predicted molar refractivity (Wildman–Crippen MR) is 129 cm³/mol. The molecule has 4 rings (SSSR count). The SMILES string of the molecule is COc1ccc(NC(=S)N(CCc2nc3ccccc3[nH]2)C2CCCCC2)c(OC)c1. The first kappa shape index (κ1) is 21.4. The van der Waals surface area contributed by atoms with Crippen molar-refractivity contribution in [1.82, 2.24) is 14.9 Å². The van der Waals surface area contributed by atoms with Crippen LogP contribution in [0.15, 0.2) is 42.5 Å². The molecule has 0 aliphatic heterocycles. The molecule has 1 aliphatic carbocycles. The van der Waals surface area contributed by atoms with Gasteiger partial charge >= 0.3 is 0 Å². The van der Waals surface area contributed by atoms with E-state index in [4.69, 9.17) is 26.7 Å². The number of aromatic nitrogens is 2. The van der Waals surface area contributed by atoms with Crippen LogP contribution < -0.4 is 14.8 Å². The number of para-hydroxylation sites is 2. The van der Waals surface area contributed by atoms with Gasteiger partial charge in [-0.05, 0) is 49.3 Å². The Hall–Kier alpha value is -2.80. The summed E-state index contributed by atoms with van der Waals surface area (Å²) in [6.07, 6.45) is 6.96. The number of thiocarbonyl (C=S) groups is 1. The fourth-order valence-electron chi connectivity index (χ4n) is 4.28. The molecule has 0 atom stereocenters. The second kappa shape index (κ2) is 10.0. The van der Waals surface area contributed by atoms with Gasteiger partial charge in [-0.3, -0.25) is 0 Å². The fraction of sp³-hybridized carbons (Fsp3) is 0.417. The van der Waals surface area contributed by atoms with Crippen LogP contribution in [0.3, 0.4) is 0 Å². The van der Waals surface area contributed by atoms with Gasteiger partial charge in [-0.25, -0.2) is 4.98 Å². The molecule has 0 radical (unpaired) electrons. The standard InChI is InChI=1S/C24H30N4O2S/c1-29-18-12-13-21(22(16-18)30-2)27-24(31)28(17-8-4-3-5-9-17)15-14-23-25-19-10-6-7-11-20(19)26-23/h6-7,10-13,16-17H,3-5,8-9,14-15H2,1-2H3,(H,25,26)(H,27,31). The summed E-state index contributed by atoms with van der Waals surface area (Å²) in [5.74, 6) is 2.46. The van der Waals surface area contributed by atoms with Gasteiger partial charge in [0.15, 0.2) is 5.11 Å². The van der Waals surface area contributed by atoms with Crippen molar-refractivity contribution >= 4 is 34.1 Å². The average molecular weight is 439 g/mol. The van der Waals surface area contributed by atoms with Gasteiger partial charge in [-0.2, -0.15) is 0 Å². The van der Waals surface area contributed by atoms with Crippen molar-refractivity contribution in [3.63, 3.8) is 0 Å². The highest BCUT2D eigenvalue weighted by molar-refractivity contribution is 7.80. The summed E-state index contributed by atoms with van der Waals surface area (Å²) in [6.45, 7) is 0.814. The second-order valence-corrected chi connectivity index (χ2v) is 8.32. The van der Waals surface area contributed by atoms with E-state index in [1.807, 2.05) is 36.4 Å². The maximum atomic E-state index is 5.88. The van der Waals surface area contributed by atoms with Gasteiger partial charge in [0.2, 0.25) is 0 Å². The number of nitrogens with zero attached hydrogens (tertiary/aromatic N) is 2. The Morgan fingerprint density at radius 3 is 2.68 bits per heavy atom. The fourth-order valence-corrected chi connectivity index (χ4v) is 4.63. The van der Waals surface area contributed by atoms with Crippen LogP contribution in [0.4, 0.5) is 5.69 Å². The molecule has 164 valence electrons. The van der Waals surface area contributed by atoms with Gasteiger partial charge < -0.3 is 24.7 Å². The van der Waals surface area contributed by atoms with Gasteiger partial charge in [-0.15, -0.1) is 0 Å². The van der Waals surface area contributed by atoms with Gasteiger partial charge in [0.25, 0.3) is 0 Å². The number of hydrogen-bond donors (Lipinski definition) is 2. The molecular formula is C24H30N4O2S. The summed E-state index contributed by atoms with van der Waals surface area (Å²) in [5, 5.41) is 4.15. The van der Waals surface area contributed by atoms with Crippen LogP contribution in [0.2, 0.25) is 0 Å². The molecule has 3 aromatic rings. The zero-order valence-electron chi connectivity index (χ0n) is 18.2.